The Labute approximate surface area is 81.8 Å². The molecule has 3 aromatic rings. The number of H-pyrrole nitrogens is 1. The van der Waals surface area contributed by atoms with Crippen LogP contribution in [0.25, 0.3) is 16.6 Å². The summed E-state index contributed by atoms with van der Waals surface area (Å²) in [4.78, 5) is 3.26. The molecular formula is C12H10N2. The molecular weight excluding hydrogens is 172 g/mol. The fourth-order valence-electron chi connectivity index (χ4n) is 1.76. The molecule has 2 heteroatoms. The lowest BCUT2D eigenvalue weighted by molar-refractivity contribution is 1.09. The molecule has 0 radical (unpaired) electrons. The molecule has 0 aliphatic heterocycles. The predicted molar refractivity (Wildman–Crippen MR) is 57.6 cm³/mol. The van der Waals surface area contributed by atoms with Gasteiger partial charge in [0.15, 0.2) is 0 Å². The number of para-hydroxylation sites is 1. The maximum absolute atomic E-state index is 3.26. The topological polar surface area (TPSA) is 20.7 Å². The Morgan fingerprint density at radius 3 is 2.57 bits per heavy atom. The molecule has 3 rings (SSSR count). The highest BCUT2D eigenvalue weighted by atomic mass is 15.0. The van der Waals surface area contributed by atoms with E-state index in [0.29, 0.717) is 0 Å². The van der Waals surface area contributed by atoms with Crippen LogP contribution in [0.15, 0.2) is 55.0 Å². The largest absolute Gasteiger partial charge is 0.359 e. The van der Waals surface area contributed by atoms with E-state index in [-0.39, 0.29) is 0 Å². The minimum absolute atomic E-state index is 1.18. The third-order valence-corrected chi connectivity index (χ3v) is 2.45. The van der Waals surface area contributed by atoms with Crippen LogP contribution in [0, 0.1) is 0 Å². The molecule has 0 aliphatic carbocycles. The van der Waals surface area contributed by atoms with Crippen LogP contribution in [-0.4, -0.2) is 9.55 Å². The van der Waals surface area contributed by atoms with Gasteiger partial charge in [0.2, 0.25) is 0 Å². The first-order chi connectivity index (χ1) is 6.95. The van der Waals surface area contributed by atoms with E-state index in [2.05, 4.69) is 40.1 Å². The highest BCUT2D eigenvalue weighted by Gasteiger charge is 2.02. The Balaban J connectivity index is 2.33. The van der Waals surface area contributed by atoms with Gasteiger partial charge < -0.3 is 9.55 Å². The summed E-state index contributed by atoms with van der Waals surface area (Å²) in [5, 5.41) is 1.25. The molecule has 0 spiro atoms. The maximum atomic E-state index is 3.26. The van der Waals surface area contributed by atoms with E-state index < -0.39 is 0 Å². The smallest absolute Gasteiger partial charge is 0.0704 e. The summed E-state index contributed by atoms with van der Waals surface area (Å²) in [6.07, 6.45) is 6.13. The van der Waals surface area contributed by atoms with E-state index in [1.807, 2.05) is 24.4 Å². The lowest BCUT2D eigenvalue weighted by Crippen LogP contribution is -1.85. The standard InChI is InChI=1S/C12H10N2/c1-2-6-11-10(5-1)12(9-13-11)14-7-3-4-8-14/h1-9,13H. The highest BCUT2D eigenvalue weighted by molar-refractivity contribution is 5.88. The summed E-state index contributed by atoms with van der Waals surface area (Å²) in [6.45, 7) is 0. The first-order valence-electron chi connectivity index (χ1n) is 4.64. The minimum Gasteiger partial charge on any atom is -0.359 e. The van der Waals surface area contributed by atoms with Gasteiger partial charge >= 0.3 is 0 Å². The number of aromatic amines is 1. The molecule has 2 heterocycles. The number of aromatic nitrogens is 2. The molecule has 0 unspecified atom stereocenters. The van der Waals surface area contributed by atoms with E-state index in [1.54, 1.807) is 0 Å². The fourth-order valence-corrected chi connectivity index (χ4v) is 1.76. The second-order valence-corrected chi connectivity index (χ2v) is 3.31. The molecule has 68 valence electrons. The number of fused-ring (bicyclic) bond motifs is 1. The van der Waals surface area contributed by atoms with Crippen LogP contribution in [0.1, 0.15) is 0 Å². The first kappa shape index (κ1) is 7.44. The van der Waals surface area contributed by atoms with Crippen molar-refractivity contribution in [2.75, 3.05) is 0 Å². The van der Waals surface area contributed by atoms with Crippen molar-refractivity contribution in [3.05, 3.63) is 55.0 Å². The minimum atomic E-state index is 1.18. The van der Waals surface area contributed by atoms with Gasteiger partial charge in [-0.2, -0.15) is 0 Å². The van der Waals surface area contributed by atoms with Gasteiger partial charge in [-0.05, 0) is 18.2 Å². The molecule has 1 N–H and O–H groups in total. The van der Waals surface area contributed by atoms with Crippen molar-refractivity contribution >= 4 is 10.9 Å². The van der Waals surface area contributed by atoms with E-state index in [0.717, 1.165) is 0 Å². The number of nitrogens with zero attached hydrogens (tertiary/aromatic N) is 1. The fraction of sp³-hybridized carbons (Fsp3) is 0. The van der Waals surface area contributed by atoms with Crippen LogP contribution in [-0.2, 0) is 0 Å². The Kier molecular flexibility index (Phi) is 1.47. The predicted octanol–water partition coefficient (Wildman–Crippen LogP) is 2.96. The summed E-state index contributed by atoms with van der Waals surface area (Å²) in [6, 6.07) is 12.4. The van der Waals surface area contributed by atoms with Crippen LogP contribution in [0.5, 0.6) is 0 Å². The Bertz CT molecular complexity index is 546. The lowest BCUT2D eigenvalue weighted by Gasteiger charge is -1.98. The zero-order chi connectivity index (χ0) is 9.38. The summed E-state index contributed by atoms with van der Waals surface area (Å²) < 4.78 is 2.11. The van der Waals surface area contributed by atoms with Gasteiger partial charge in [0.25, 0.3) is 0 Å². The monoisotopic (exact) mass is 182 g/mol. The summed E-state index contributed by atoms with van der Waals surface area (Å²) in [5.74, 6) is 0. The second-order valence-electron chi connectivity index (χ2n) is 3.31. The van der Waals surface area contributed by atoms with Crippen molar-refractivity contribution in [1.29, 1.82) is 0 Å². The zero-order valence-electron chi connectivity index (χ0n) is 7.64. The quantitative estimate of drug-likeness (QED) is 0.597. The van der Waals surface area contributed by atoms with Crippen molar-refractivity contribution in [2.24, 2.45) is 0 Å². The van der Waals surface area contributed by atoms with Crippen molar-refractivity contribution in [3.8, 4) is 5.69 Å². The van der Waals surface area contributed by atoms with Crippen LogP contribution in [0.2, 0.25) is 0 Å². The van der Waals surface area contributed by atoms with E-state index in [9.17, 15) is 0 Å². The molecule has 0 amide bonds. The number of benzene rings is 1. The van der Waals surface area contributed by atoms with E-state index >= 15 is 0 Å². The molecule has 0 aliphatic rings. The molecule has 0 saturated carbocycles. The summed E-state index contributed by atoms with van der Waals surface area (Å²) >= 11 is 0. The average molecular weight is 182 g/mol. The molecule has 0 fully saturated rings. The Morgan fingerprint density at radius 2 is 1.71 bits per heavy atom. The third-order valence-electron chi connectivity index (χ3n) is 2.45. The number of hydrogen-bond acceptors (Lipinski definition) is 0. The van der Waals surface area contributed by atoms with Gasteiger partial charge in [0, 0.05) is 29.5 Å². The lowest BCUT2D eigenvalue weighted by atomic mass is 10.2. The highest BCUT2D eigenvalue weighted by Crippen LogP contribution is 2.21. The normalized spacial score (nSPS) is 10.9. The maximum Gasteiger partial charge on any atom is 0.0704 e. The second kappa shape index (κ2) is 2.77. The van der Waals surface area contributed by atoms with Crippen LogP contribution in [0.3, 0.4) is 0 Å². The van der Waals surface area contributed by atoms with Gasteiger partial charge in [-0.3, -0.25) is 0 Å². The number of nitrogens with one attached hydrogen (secondary N) is 1. The van der Waals surface area contributed by atoms with Crippen molar-refractivity contribution in [3.63, 3.8) is 0 Å². The Hall–Kier alpha value is -1.96. The summed E-state index contributed by atoms with van der Waals surface area (Å²) in [5.41, 5.74) is 2.38. The number of rotatable bonds is 1. The van der Waals surface area contributed by atoms with E-state index in [4.69, 9.17) is 0 Å². The molecule has 14 heavy (non-hydrogen) atoms. The van der Waals surface area contributed by atoms with Gasteiger partial charge in [-0.25, -0.2) is 0 Å². The van der Waals surface area contributed by atoms with Crippen molar-refractivity contribution < 1.29 is 0 Å². The van der Waals surface area contributed by atoms with Crippen LogP contribution >= 0.6 is 0 Å². The van der Waals surface area contributed by atoms with Gasteiger partial charge in [-0.1, -0.05) is 18.2 Å². The van der Waals surface area contributed by atoms with Gasteiger partial charge in [-0.15, -0.1) is 0 Å². The SMILES string of the molecule is c1ccc2c(-n3cccc3)c[nH]c2c1. The molecule has 0 atom stereocenters. The molecule has 1 aromatic carbocycles. The number of hydrogen-bond donors (Lipinski definition) is 1. The third kappa shape index (κ3) is 0.973. The molecule has 0 saturated heterocycles. The Morgan fingerprint density at radius 1 is 0.929 bits per heavy atom. The summed E-state index contributed by atoms with van der Waals surface area (Å²) in [7, 11) is 0. The molecule has 2 aromatic heterocycles. The van der Waals surface area contributed by atoms with E-state index in [1.165, 1.54) is 16.6 Å². The molecule has 2 nitrogen and oxygen atoms in total. The molecule has 0 bridgehead atoms. The first-order valence-corrected chi connectivity index (χ1v) is 4.64. The van der Waals surface area contributed by atoms with Crippen LogP contribution in [0.4, 0.5) is 0 Å². The zero-order valence-corrected chi connectivity index (χ0v) is 7.64. The van der Waals surface area contributed by atoms with Crippen molar-refractivity contribution in [1.82, 2.24) is 9.55 Å². The average Bonchev–Trinajstić information content (AvgIpc) is 2.85. The van der Waals surface area contributed by atoms with Crippen molar-refractivity contribution in [2.45, 2.75) is 0 Å². The van der Waals surface area contributed by atoms with Gasteiger partial charge in [0.05, 0.1) is 5.69 Å². The van der Waals surface area contributed by atoms with Crippen LogP contribution < -0.4 is 0 Å². The van der Waals surface area contributed by atoms with Gasteiger partial charge in [0.1, 0.15) is 0 Å².